The fraction of sp³-hybridized carbons (Fsp3) is 0.619. The second kappa shape index (κ2) is 11.4. The second-order valence-electron chi connectivity index (χ2n) is 7.40. The molecule has 1 aromatic rings. The van der Waals surface area contributed by atoms with Gasteiger partial charge in [-0.2, -0.15) is 0 Å². The van der Waals surface area contributed by atoms with Crippen LogP contribution in [0.3, 0.4) is 0 Å². The van der Waals surface area contributed by atoms with Crippen LogP contribution in [-0.2, 0) is 14.3 Å². The molecule has 7 heteroatoms. The number of amides is 1. The summed E-state index contributed by atoms with van der Waals surface area (Å²) in [6, 6.07) is 6.39. The van der Waals surface area contributed by atoms with Crippen LogP contribution >= 0.6 is 11.8 Å². The SMILES string of the molecule is CCOC(=O)CCCN(CC(=O)N1CCS[C@@H]1c1ccc(F)cc1)CC(C)C. The van der Waals surface area contributed by atoms with Crippen LogP contribution in [0.1, 0.15) is 44.6 Å². The van der Waals surface area contributed by atoms with Crippen LogP contribution < -0.4 is 0 Å². The van der Waals surface area contributed by atoms with Gasteiger partial charge >= 0.3 is 5.97 Å². The lowest BCUT2D eigenvalue weighted by atomic mass is 10.1. The number of carbonyl (C=O) groups is 2. The molecule has 0 unspecified atom stereocenters. The minimum Gasteiger partial charge on any atom is -0.466 e. The zero-order valence-corrected chi connectivity index (χ0v) is 17.8. The first kappa shape index (κ1) is 22.7. The van der Waals surface area contributed by atoms with Crippen LogP contribution in [-0.4, -0.2) is 60.2 Å². The van der Waals surface area contributed by atoms with Crippen LogP contribution in [0.15, 0.2) is 24.3 Å². The Balaban J connectivity index is 1.95. The van der Waals surface area contributed by atoms with Crippen LogP contribution in [0.5, 0.6) is 0 Å². The van der Waals surface area contributed by atoms with Crippen molar-refractivity contribution in [1.82, 2.24) is 9.80 Å². The third-order valence-electron chi connectivity index (χ3n) is 4.51. The fourth-order valence-electron chi connectivity index (χ4n) is 3.34. The zero-order valence-electron chi connectivity index (χ0n) is 17.0. The first-order chi connectivity index (χ1) is 13.4. The van der Waals surface area contributed by atoms with Crippen molar-refractivity contribution in [2.75, 3.05) is 38.5 Å². The molecule has 0 N–H and O–H groups in total. The third-order valence-corrected chi connectivity index (χ3v) is 5.77. The van der Waals surface area contributed by atoms with Gasteiger partial charge in [0.05, 0.1) is 13.2 Å². The highest BCUT2D eigenvalue weighted by atomic mass is 32.2. The Morgan fingerprint density at radius 1 is 1.32 bits per heavy atom. The molecular weight excluding hydrogens is 379 g/mol. The largest absolute Gasteiger partial charge is 0.466 e. The minimum atomic E-state index is -0.269. The summed E-state index contributed by atoms with van der Waals surface area (Å²) in [5.74, 6) is 0.924. The topological polar surface area (TPSA) is 49.9 Å². The number of nitrogens with zero attached hydrogens (tertiary/aromatic N) is 2. The first-order valence-corrected chi connectivity index (χ1v) is 11.0. The molecule has 1 amide bonds. The predicted molar refractivity (Wildman–Crippen MR) is 110 cm³/mol. The lowest BCUT2D eigenvalue weighted by molar-refractivity contribution is -0.143. The van der Waals surface area contributed by atoms with Gasteiger partial charge in [0.1, 0.15) is 11.2 Å². The summed E-state index contributed by atoms with van der Waals surface area (Å²) in [5, 5.41) is -0.0615. The van der Waals surface area contributed by atoms with Gasteiger partial charge in [-0.25, -0.2) is 4.39 Å². The average molecular weight is 411 g/mol. The van der Waals surface area contributed by atoms with E-state index in [9.17, 15) is 14.0 Å². The van der Waals surface area contributed by atoms with E-state index >= 15 is 0 Å². The summed E-state index contributed by atoms with van der Waals surface area (Å²) in [5.41, 5.74) is 0.954. The molecule has 0 aromatic heterocycles. The van der Waals surface area contributed by atoms with E-state index in [0.717, 1.165) is 17.9 Å². The highest BCUT2D eigenvalue weighted by Crippen LogP contribution is 2.37. The molecule has 1 aromatic carbocycles. The number of carbonyl (C=O) groups excluding carboxylic acids is 2. The van der Waals surface area contributed by atoms with E-state index < -0.39 is 0 Å². The van der Waals surface area contributed by atoms with E-state index in [2.05, 4.69) is 18.7 Å². The monoisotopic (exact) mass is 410 g/mol. The third kappa shape index (κ3) is 7.09. The molecule has 5 nitrogen and oxygen atoms in total. The van der Waals surface area contributed by atoms with Crippen molar-refractivity contribution in [2.24, 2.45) is 5.92 Å². The number of thioether (sulfide) groups is 1. The van der Waals surface area contributed by atoms with E-state index in [1.807, 2.05) is 4.90 Å². The van der Waals surface area contributed by atoms with Crippen molar-refractivity contribution < 1.29 is 18.7 Å². The molecule has 1 heterocycles. The normalized spacial score (nSPS) is 16.8. The van der Waals surface area contributed by atoms with Crippen molar-refractivity contribution >= 4 is 23.6 Å². The van der Waals surface area contributed by atoms with Gasteiger partial charge in [-0.05, 0) is 43.5 Å². The highest BCUT2D eigenvalue weighted by Gasteiger charge is 2.31. The van der Waals surface area contributed by atoms with Gasteiger partial charge < -0.3 is 9.64 Å². The lowest BCUT2D eigenvalue weighted by Gasteiger charge is -2.29. The van der Waals surface area contributed by atoms with Gasteiger partial charge in [0.2, 0.25) is 5.91 Å². The fourth-order valence-corrected chi connectivity index (χ4v) is 4.62. The van der Waals surface area contributed by atoms with Crippen LogP contribution in [0.2, 0.25) is 0 Å². The van der Waals surface area contributed by atoms with E-state index in [4.69, 9.17) is 4.74 Å². The van der Waals surface area contributed by atoms with Gasteiger partial charge in [0.15, 0.2) is 0 Å². The Kier molecular flexibility index (Phi) is 9.25. The summed E-state index contributed by atoms with van der Waals surface area (Å²) in [7, 11) is 0. The molecule has 0 spiro atoms. The van der Waals surface area contributed by atoms with Crippen molar-refractivity contribution in [2.45, 2.75) is 39.0 Å². The number of ether oxygens (including phenoxy) is 1. The van der Waals surface area contributed by atoms with Crippen molar-refractivity contribution in [3.63, 3.8) is 0 Å². The number of esters is 1. The number of rotatable bonds is 10. The van der Waals surface area contributed by atoms with Gasteiger partial charge in [-0.3, -0.25) is 14.5 Å². The molecule has 0 aliphatic carbocycles. The van der Waals surface area contributed by atoms with Crippen molar-refractivity contribution in [3.8, 4) is 0 Å². The standard InChI is InChI=1S/C21H31FN2O3S/c1-4-27-20(26)6-5-11-23(14-16(2)3)15-19(25)24-12-13-28-21(24)17-7-9-18(22)10-8-17/h7-10,16,21H,4-6,11-15H2,1-3H3/t21-/m1/s1. The van der Waals surface area contributed by atoms with E-state index in [1.54, 1.807) is 30.8 Å². The summed E-state index contributed by atoms with van der Waals surface area (Å²) in [6.07, 6.45) is 1.05. The number of benzene rings is 1. The molecular formula is C21H31FN2O3S. The van der Waals surface area contributed by atoms with Crippen molar-refractivity contribution in [1.29, 1.82) is 0 Å². The molecule has 1 aliphatic heterocycles. The highest BCUT2D eigenvalue weighted by molar-refractivity contribution is 7.99. The van der Waals surface area contributed by atoms with E-state index in [-0.39, 0.29) is 23.1 Å². The van der Waals surface area contributed by atoms with E-state index in [0.29, 0.717) is 45.0 Å². The molecule has 0 bridgehead atoms. The summed E-state index contributed by atoms with van der Waals surface area (Å²) < 4.78 is 18.2. The summed E-state index contributed by atoms with van der Waals surface area (Å²) in [4.78, 5) is 28.6. The molecule has 156 valence electrons. The molecule has 0 radical (unpaired) electrons. The Morgan fingerprint density at radius 2 is 2.04 bits per heavy atom. The minimum absolute atomic E-state index is 0.0615. The number of hydrogen-bond donors (Lipinski definition) is 0. The van der Waals surface area contributed by atoms with Gasteiger partial charge in [-0.1, -0.05) is 26.0 Å². The Labute approximate surface area is 171 Å². The van der Waals surface area contributed by atoms with Crippen molar-refractivity contribution in [3.05, 3.63) is 35.6 Å². The molecule has 28 heavy (non-hydrogen) atoms. The summed E-state index contributed by atoms with van der Waals surface area (Å²) in [6.45, 7) is 8.95. The predicted octanol–water partition coefficient (Wildman–Crippen LogP) is 3.70. The van der Waals surface area contributed by atoms with Crippen LogP contribution in [0, 0.1) is 11.7 Å². The molecule has 1 fully saturated rings. The lowest BCUT2D eigenvalue weighted by Crippen LogP contribution is -2.41. The van der Waals surface area contributed by atoms with Crippen LogP contribution in [0.25, 0.3) is 0 Å². The second-order valence-corrected chi connectivity index (χ2v) is 8.59. The Hall–Kier alpha value is -1.60. The Morgan fingerprint density at radius 3 is 2.68 bits per heavy atom. The van der Waals surface area contributed by atoms with E-state index in [1.165, 1.54) is 12.1 Å². The molecule has 0 saturated carbocycles. The maximum atomic E-state index is 13.2. The smallest absolute Gasteiger partial charge is 0.305 e. The van der Waals surface area contributed by atoms with Gasteiger partial charge in [-0.15, -0.1) is 11.8 Å². The zero-order chi connectivity index (χ0) is 20.5. The first-order valence-electron chi connectivity index (χ1n) is 9.95. The maximum absolute atomic E-state index is 13.2. The molecule has 1 saturated heterocycles. The van der Waals surface area contributed by atoms with Gasteiger partial charge in [0, 0.05) is 25.3 Å². The average Bonchev–Trinajstić information content (AvgIpc) is 3.12. The number of halogens is 1. The van der Waals surface area contributed by atoms with Gasteiger partial charge in [0.25, 0.3) is 0 Å². The molecule has 1 atom stereocenters. The van der Waals surface area contributed by atoms with Crippen LogP contribution in [0.4, 0.5) is 4.39 Å². The summed E-state index contributed by atoms with van der Waals surface area (Å²) >= 11 is 1.71. The Bertz CT molecular complexity index is 639. The maximum Gasteiger partial charge on any atom is 0.305 e. The molecule has 2 rings (SSSR count). The molecule has 1 aliphatic rings. The quantitative estimate of drug-likeness (QED) is 0.551. The number of hydrogen-bond acceptors (Lipinski definition) is 5.